The van der Waals surface area contributed by atoms with Gasteiger partial charge in [0.15, 0.2) is 0 Å². The standard InChI is InChI=1S/C22H29N3O3S/c1-18-3-2-4-22(17-18)29(26,27)25-15-7-19(8-16-25)24-13-9-21(10-14-24)28-20-5-11-23-12-6-20/h2-6,11-12,17,19,21H,7-10,13-16H2,1H3. The molecule has 0 amide bonds. The van der Waals surface area contributed by atoms with Gasteiger partial charge in [0.25, 0.3) is 0 Å². The highest BCUT2D eigenvalue weighted by atomic mass is 32.2. The second-order valence-corrected chi connectivity index (χ2v) is 9.93. The molecule has 2 aromatic rings. The number of sulfonamides is 1. The highest BCUT2D eigenvalue weighted by molar-refractivity contribution is 7.89. The minimum Gasteiger partial charge on any atom is -0.490 e. The molecule has 0 radical (unpaired) electrons. The van der Waals surface area contributed by atoms with E-state index in [9.17, 15) is 8.42 Å². The van der Waals surface area contributed by atoms with E-state index in [1.54, 1.807) is 28.8 Å². The molecule has 0 unspecified atom stereocenters. The van der Waals surface area contributed by atoms with Crippen molar-refractivity contribution in [2.75, 3.05) is 26.2 Å². The van der Waals surface area contributed by atoms with Crippen LogP contribution >= 0.6 is 0 Å². The molecule has 1 aromatic carbocycles. The van der Waals surface area contributed by atoms with E-state index in [1.807, 2.05) is 31.2 Å². The smallest absolute Gasteiger partial charge is 0.243 e. The van der Waals surface area contributed by atoms with Crippen molar-refractivity contribution in [3.63, 3.8) is 0 Å². The van der Waals surface area contributed by atoms with Crippen molar-refractivity contribution in [2.24, 2.45) is 0 Å². The molecule has 156 valence electrons. The molecule has 29 heavy (non-hydrogen) atoms. The lowest BCUT2D eigenvalue weighted by atomic mass is 10.00. The van der Waals surface area contributed by atoms with E-state index in [-0.39, 0.29) is 6.10 Å². The fraction of sp³-hybridized carbons (Fsp3) is 0.500. The van der Waals surface area contributed by atoms with E-state index >= 15 is 0 Å². The molecule has 0 N–H and O–H groups in total. The summed E-state index contributed by atoms with van der Waals surface area (Å²) in [6.07, 6.45) is 7.54. The highest BCUT2D eigenvalue weighted by Crippen LogP contribution is 2.26. The van der Waals surface area contributed by atoms with Crippen molar-refractivity contribution in [1.82, 2.24) is 14.2 Å². The maximum absolute atomic E-state index is 12.9. The predicted octanol–water partition coefficient (Wildman–Crippen LogP) is 3.09. The van der Waals surface area contributed by atoms with E-state index in [0.717, 1.165) is 50.1 Å². The van der Waals surface area contributed by atoms with E-state index < -0.39 is 10.0 Å². The van der Waals surface area contributed by atoms with Gasteiger partial charge in [-0.05, 0) is 62.4 Å². The number of benzene rings is 1. The van der Waals surface area contributed by atoms with E-state index in [4.69, 9.17) is 4.74 Å². The molecule has 2 fully saturated rings. The molecule has 0 spiro atoms. The molecule has 2 saturated heterocycles. The van der Waals surface area contributed by atoms with Gasteiger partial charge in [-0.1, -0.05) is 12.1 Å². The van der Waals surface area contributed by atoms with Crippen LogP contribution in [0.25, 0.3) is 0 Å². The summed E-state index contributed by atoms with van der Waals surface area (Å²) >= 11 is 0. The Kier molecular flexibility index (Phi) is 6.18. The molecule has 4 rings (SSSR count). The molecule has 6 nitrogen and oxygen atoms in total. The quantitative estimate of drug-likeness (QED) is 0.751. The van der Waals surface area contributed by atoms with Gasteiger partial charge in [-0.15, -0.1) is 0 Å². The zero-order chi connectivity index (χ0) is 20.3. The van der Waals surface area contributed by atoms with Gasteiger partial charge in [-0.2, -0.15) is 4.31 Å². The molecule has 0 saturated carbocycles. The number of rotatable bonds is 5. The summed E-state index contributed by atoms with van der Waals surface area (Å²) in [7, 11) is -3.39. The number of aromatic nitrogens is 1. The van der Waals surface area contributed by atoms with Gasteiger partial charge in [0.05, 0.1) is 4.90 Å². The molecule has 1 aromatic heterocycles. The van der Waals surface area contributed by atoms with Crippen LogP contribution in [0, 0.1) is 6.92 Å². The lowest BCUT2D eigenvalue weighted by Crippen LogP contribution is -2.50. The molecule has 3 heterocycles. The largest absolute Gasteiger partial charge is 0.490 e. The SMILES string of the molecule is Cc1cccc(S(=O)(=O)N2CCC(N3CCC(Oc4ccncc4)CC3)CC2)c1. The van der Waals surface area contributed by atoms with Crippen LogP contribution in [0.4, 0.5) is 0 Å². The zero-order valence-corrected chi connectivity index (χ0v) is 17.7. The first-order chi connectivity index (χ1) is 14.0. The van der Waals surface area contributed by atoms with E-state index in [0.29, 0.717) is 24.0 Å². The zero-order valence-electron chi connectivity index (χ0n) is 16.9. The van der Waals surface area contributed by atoms with Gasteiger partial charge < -0.3 is 9.64 Å². The molecule has 0 atom stereocenters. The lowest BCUT2D eigenvalue weighted by molar-refractivity contribution is 0.0585. The molecule has 7 heteroatoms. The fourth-order valence-electron chi connectivity index (χ4n) is 4.34. The van der Waals surface area contributed by atoms with E-state index in [2.05, 4.69) is 9.88 Å². The first kappa shape index (κ1) is 20.3. The van der Waals surface area contributed by atoms with Crippen LogP contribution in [0.1, 0.15) is 31.2 Å². The molecule has 0 bridgehead atoms. The van der Waals surface area contributed by atoms with Crippen molar-refractivity contribution in [3.05, 3.63) is 54.4 Å². The van der Waals surface area contributed by atoms with Crippen LogP contribution in [0.2, 0.25) is 0 Å². The summed E-state index contributed by atoms with van der Waals surface area (Å²) in [5.74, 6) is 0.883. The van der Waals surface area contributed by atoms with Crippen LogP contribution in [-0.2, 0) is 10.0 Å². The maximum Gasteiger partial charge on any atom is 0.243 e. The van der Waals surface area contributed by atoms with Crippen molar-refractivity contribution >= 4 is 10.0 Å². The molecule has 0 aliphatic carbocycles. The number of pyridine rings is 1. The van der Waals surface area contributed by atoms with Crippen molar-refractivity contribution < 1.29 is 13.2 Å². The Hall–Kier alpha value is -1.96. The third kappa shape index (κ3) is 4.79. The summed E-state index contributed by atoms with van der Waals surface area (Å²) < 4.78 is 33.6. The predicted molar refractivity (Wildman–Crippen MR) is 112 cm³/mol. The van der Waals surface area contributed by atoms with Crippen molar-refractivity contribution in [3.8, 4) is 5.75 Å². The average molecular weight is 416 g/mol. The number of ether oxygens (including phenoxy) is 1. The Bertz CT molecular complexity index is 904. The molecular formula is C22H29N3O3S. The molecular weight excluding hydrogens is 386 g/mol. The van der Waals surface area contributed by atoms with Gasteiger partial charge in [0.2, 0.25) is 10.0 Å². The van der Waals surface area contributed by atoms with Crippen LogP contribution in [0.15, 0.2) is 53.7 Å². The monoisotopic (exact) mass is 415 g/mol. The Morgan fingerprint density at radius 2 is 1.66 bits per heavy atom. The minimum absolute atomic E-state index is 0.246. The van der Waals surface area contributed by atoms with Crippen molar-refractivity contribution in [1.29, 1.82) is 0 Å². The van der Waals surface area contributed by atoms with Crippen LogP contribution in [0.5, 0.6) is 5.75 Å². The summed E-state index contributed by atoms with van der Waals surface area (Å²) in [5, 5.41) is 0. The van der Waals surface area contributed by atoms with Crippen LogP contribution in [-0.4, -0.2) is 60.9 Å². The second kappa shape index (κ2) is 8.81. The van der Waals surface area contributed by atoms with Gasteiger partial charge in [-0.25, -0.2) is 8.42 Å². The molecule has 2 aliphatic heterocycles. The Balaban J connectivity index is 1.28. The van der Waals surface area contributed by atoms with Gasteiger partial charge in [-0.3, -0.25) is 4.98 Å². The third-order valence-corrected chi connectivity index (χ3v) is 7.89. The topological polar surface area (TPSA) is 62.7 Å². The Morgan fingerprint density at radius 3 is 2.31 bits per heavy atom. The second-order valence-electron chi connectivity index (χ2n) is 7.99. The van der Waals surface area contributed by atoms with E-state index in [1.165, 1.54) is 0 Å². The number of piperidine rings is 2. The third-order valence-electron chi connectivity index (χ3n) is 6.00. The average Bonchev–Trinajstić information content (AvgIpc) is 2.75. The molecule has 2 aliphatic rings. The van der Waals surface area contributed by atoms with Gasteiger partial charge >= 0.3 is 0 Å². The Labute approximate surface area is 173 Å². The number of likely N-dealkylation sites (tertiary alicyclic amines) is 1. The minimum atomic E-state index is -3.39. The van der Waals surface area contributed by atoms with Crippen molar-refractivity contribution in [2.45, 2.75) is 49.6 Å². The van der Waals surface area contributed by atoms with Gasteiger partial charge in [0.1, 0.15) is 11.9 Å². The highest BCUT2D eigenvalue weighted by Gasteiger charge is 2.33. The fourth-order valence-corrected chi connectivity index (χ4v) is 5.92. The van der Waals surface area contributed by atoms with Crippen LogP contribution < -0.4 is 4.74 Å². The first-order valence-corrected chi connectivity index (χ1v) is 11.8. The number of nitrogens with zero attached hydrogens (tertiary/aromatic N) is 3. The first-order valence-electron chi connectivity index (χ1n) is 10.4. The number of hydrogen-bond donors (Lipinski definition) is 0. The van der Waals surface area contributed by atoms with Gasteiger partial charge in [0, 0.05) is 44.6 Å². The normalized spacial score (nSPS) is 20.6. The maximum atomic E-state index is 12.9. The number of hydrogen-bond acceptors (Lipinski definition) is 5. The lowest BCUT2D eigenvalue weighted by Gasteiger charge is -2.41. The van der Waals surface area contributed by atoms with Crippen LogP contribution in [0.3, 0.4) is 0 Å². The number of aryl methyl sites for hydroxylation is 1. The summed E-state index contributed by atoms with van der Waals surface area (Å²) in [6, 6.07) is 11.5. The summed E-state index contributed by atoms with van der Waals surface area (Å²) in [6.45, 7) is 5.12. The summed E-state index contributed by atoms with van der Waals surface area (Å²) in [4.78, 5) is 6.95. The summed E-state index contributed by atoms with van der Waals surface area (Å²) in [5.41, 5.74) is 0.970. The Morgan fingerprint density at radius 1 is 0.966 bits per heavy atom.